The Bertz CT molecular complexity index is 897. The van der Waals surface area contributed by atoms with Crippen molar-refractivity contribution in [1.82, 2.24) is 4.98 Å². The van der Waals surface area contributed by atoms with Gasteiger partial charge in [0.1, 0.15) is 5.69 Å². The summed E-state index contributed by atoms with van der Waals surface area (Å²) in [6.07, 6.45) is 1.66. The molecule has 0 atom stereocenters. The third kappa shape index (κ3) is 3.21. The van der Waals surface area contributed by atoms with Crippen LogP contribution in [-0.4, -0.2) is 42.1 Å². The van der Waals surface area contributed by atoms with Crippen molar-refractivity contribution in [2.75, 3.05) is 18.6 Å². The minimum Gasteiger partial charge on any atom is -0.453 e. The molecule has 128 valence electrons. The second-order valence-corrected chi connectivity index (χ2v) is 5.83. The Morgan fingerprint density at radius 1 is 1.20 bits per heavy atom. The lowest BCUT2D eigenvalue weighted by atomic mass is 10.1. The summed E-state index contributed by atoms with van der Waals surface area (Å²) < 4.78 is 4.99. The number of likely N-dealkylation sites (N-methyl/N-ethyl adjacent to an activating group) is 1. The van der Waals surface area contributed by atoms with Crippen LogP contribution in [0.3, 0.4) is 0 Å². The van der Waals surface area contributed by atoms with Crippen molar-refractivity contribution in [3.05, 3.63) is 52.8 Å². The van der Waals surface area contributed by atoms with Gasteiger partial charge in [-0.1, -0.05) is 0 Å². The Hall–Kier alpha value is -3.22. The maximum Gasteiger partial charge on any atom is 0.355 e. The Morgan fingerprint density at radius 3 is 2.64 bits per heavy atom. The van der Waals surface area contributed by atoms with Gasteiger partial charge in [0, 0.05) is 30.1 Å². The Kier molecular flexibility index (Phi) is 4.22. The van der Waals surface area contributed by atoms with E-state index in [-0.39, 0.29) is 29.6 Å². The number of fused-ring (bicyclic) bond motifs is 1. The first-order valence-electron chi connectivity index (χ1n) is 7.66. The molecule has 25 heavy (non-hydrogen) atoms. The van der Waals surface area contributed by atoms with Gasteiger partial charge in [0.05, 0.1) is 6.42 Å². The van der Waals surface area contributed by atoms with Crippen LogP contribution in [0.15, 0.2) is 30.5 Å². The molecule has 7 heteroatoms. The quantitative estimate of drug-likeness (QED) is 0.661. The van der Waals surface area contributed by atoms with Gasteiger partial charge in [-0.15, -0.1) is 0 Å². The normalized spacial score (nSPS) is 12.9. The first-order valence-corrected chi connectivity index (χ1v) is 7.66. The molecule has 0 saturated heterocycles. The molecular formula is C18H16N2O5. The molecule has 1 aromatic heterocycles. The van der Waals surface area contributed by atoms with Crippen LogP contribution in [0.25, 0.3) is 0 Å². The number of benzene rings is 1. The first-order chi connectivity index (χ1) is 11.9. The van der Waals surface area contributed by atoms with Gasteiger partial charge in [0.15, 0.2) is 18.2 Å². The van der Waals surface area contributed by atoms with E-state index in [0.717, 1.165) is 11.3 Å². The topological polar surface area (TPSA) is 96.5 Å². The maximum atomic E-state index is 12.2. The van der Waals surface area contributed by atoms with Gasteiger partial charge in [-0.2, -0.15) is 0 Å². The summed E-state index contributed by atoms with van der Waals surface area (Å²) in [6, 6.07) is 6.34. The zero-order valence-corrected chi connectivity index (χ0v) is 13.8. The van der Waals surface area contributed by atoms with Crippen molar-refractivity contribution in [2.24, 2.45) is 0 Å². The number of hydrogen-bond acceptors (Lipinski definition) is 5. The minimum atomic E-state index is -0.711. The fourth-order valence-corrected chi connectivity index (χ4v) is 2.65. The highest BCUT2D eigenvalue weighted by Crippen LogP contribution is 2.28. The van der Waals surface area contributed by atoms with Gasteiger partial charge in [0.25, 0.3) is 0 Å². The highest BCUT2D eigenvalue weighted by atomic mass is 16.5. The number of amides is 1. The monoisotopic (exact) mass is 340 g/mol. The van der Waals surface area contributed by atoms with E-state index in [4.69, 9.17) is 4.74 Å². The van der Waals surface area contributed by atoms with E-state index in [0.29, 0.717) is 11.1 Å². The fourth-order valence-electron chi connectivity index (χ4n) is 2.65. The summed E-state index contributed by atoms with van der Waals surface area (Å²) in [6.45, 7) is 0.966. The predicted molar refractivity (Wildman–Crippen MR) is 89.0 cm³/mol. The number of carbonyl (C=O) groups is 4. The molecule has 1 aromatic carbocycles. The highest BCUT2D eigenvalue weighted by Gasteiger charge is 2.25. The number of Topliss-reactive ketones (excluding diaryl/α,β-unsaturated/α-hetero) is 2. The summed E-state index contributed by atoms with van der Waals surface area (Å²) in [5.74, 6) is -1.28. The van der Waals surface area contributed by atoms with Crippen LogP contribution < -0.4 is 4.90 Å². The molecule has 1 aliphatic heterocycles. The fraction of sp³-hybridized carbons (Fsp3) is 0.222. The Balaban J connectivity index is 1.65. The molecule has 7 nitrogen and oxygen atoms in total. The van der Waals surface area contributed by atoms with E-state index >= 15 is 0 Å². The zero-order chi connectivity index (χ0) is 18.1. The van der Waals surface area contributed by atoms with E-state index in [1.807, 2.05) is 0 Å². The van der Waals surface area contributed by atoms with Crippen LogP contribution in [0.2, 0.25) is 0 Å². The maximum absolute atomic E-state index is 12.2. The van der Waals surface area contributed by atoms with Crippen molar-refractivity contribution in [1.29, 1.82) is 0 Å². The largest absolute Gasteiger partial charge is 0.453 e. The Morgan fingerprint density at radius 2 is 1.96 bits per heavy atom. The van der Waals surface area contributed by atoms with Crippen LogP contribution in [0.1, 0.15) is 43.7 Å². The molecule has 1 N–H and O–H groups in total. The number of anilines is 1. The van der Waals surface area contributed by atoms with Gasteiger partial charge < -0.3 is 14.6 Å². The number of aromatic amines is 1. The van der Waals surface area contributed by atoms with Crippen molar-refractivity contribution >= 4 is 29.1 Å². The van der Waals surface area contributed by atoms with Gasteiger partial charge in [-0.05, 0) is 36.8 Å². The van der Waals surface area contributed by atoms with Crippen LogP contribution in [0.4, 0.5) is 5.69 Å². The molecular weight excluding hydrogens is 324 g/mol. The minimum absolute atomic E-state index is 0.0287. The number of carbonyl (C=O) groups excluding carboxylic acids is 4. The molecule has 0 bridgehead atoms. The van der Waals surface area contributed by atoms with Crippen molar-refractivity contribution in [2.45, 2.75) is 13.3 Å². The lowest BCUT2D eigenvalue weighted by Gasteiger charge is -2.10. The molecule has 0 spiro atoms. The summed E-state index contributed by atoms with van der Waals surface area (Å²) in [4.78, 5) is 51.2. The van der Waals surface area contributed by atoms with E-state index in [1.54, 1.807) is 30.1 Å². The van der Waals surface area contributed by atoms with Gasteiger partial charge in [-0.3, -0.25) is 14.4 Å². The average molecular weight is 340 g/mol. The molecule has 2 heterocycles. The second-order valence-electron chi connectivity index (χ2n) is 5.83. The molecule has 0 fully saturated rings. The molecule has 1 aliphatic rings. The van der Waals surface area contributed by atoms with Crippen molar-refractivity contribution in [3.63, 3.8) is 0 Å². The third-order valence-corrected chi connectivity index (χ3v) is 4.12. The molecule has 0 aliphatic carbocycles. The van der Waals surface area contributed by atoms with Crippen LogP contribution in [0.5, 0.6) is 0 Å². The lowest BCUT2D eigenvalue weighted by molar-refractivity contribution is -0.117. The number of esters is 1. The van der Waals surface area contributed by atoms with Crippen LogP contribution in [0, 0.1) is 0 Å². The number of nitrogens with one attached hydrogen (secondary N) is 1. The molecule has 2 aromatic rings. The second kappa shape index (κ2) is 6.35. The number of H-pyrrole nitrogens is 1. The number of rotatable bonds is 5. The zero-order valence-electron chi connectivity index (χ0n) is 13.8. The van der Waals surface area contributed by atoms with Crippen LogP contribution in [-0.2, 0) is 16.0 Å². The summed E-state index contributed by atoms with van der Waals surface area (Å²) >= 11 is 0. The predicted octanol–water partition coefficient (Wildman–Crippen LogP) is 1.78. The van der Waals surface area contributed by atoms with E-state index in [1.165, 1.54) is 19.2 Å². The van der Waals surface area contributed by atoms with Crippen molar-refractivity contribution in [3.8, 4) is 0 Å². The van der Waals surface area contributed by atoms with Gasteiger partial charge in [0.2, 0.25) is 5.91 Å². The third-order valence-electron chi connectivity index (χ3n) is 4.12. The van der Waals surface area contributed by atoms with Crippen molar-refractivity contribution < 1.29 is 23.9 Å². The molecule has 0 saturated carbocycles. The van der Waals surface area contributed by atoms with E-state index < -0.39 is 12.6 Å². The smallest absolute Gasteiger partial charge is 0.355 e. The number of aromatic nitrogens is 1. The lowest BCUT2D eigenvalue weighted by Crippen LogP contribution is -2.20. The highest BCUT2D eigenvalue weighted by molar-refractivity contribution is 6.04. The number of ether oxygens (including phenoxy) is 1. The number of hydrogen-bond donors (Lipinski definition) is 1. The number of nitrogens with zero attached hydrogens (tertiary/aromatic N) is 1. The Labute approximate surface area is 143 Å². The SMILES string of the molecule is CC(=O)c1c[nH]c(C(=O)OCC(=O)c2ccc3c(c2)CC(=O)N3C)c1. The van der Waals surface area contributed by atoms with E-state index in [9.17, 15) is 19.2 Å². The molecule has 1 amide bonds. The first kappa shape index (κ1) is 16.6. The summed E-state index contributed by atoms with van der Waals surface area (Å²) in [5, 5.41) is 0. The number of ketones is 2. The summed E-state index contributed by atoms with van der Waals surface area (Å²) in [5.41, 5.74) is 2.41. The van der Waals surface area contributed by atoms with Gasteiger partial charge in [-0.25, -0.2) is 4.79 Å². The molecule has 0 unspecified atom stereocenters. The van der Waals surface area contributed by atoms with Crippen LogP contribution >= 0.6 is 0 Å². The molecule has 3 rings (SSSR count). The standard InChI is InChI=1S/C18H16N2O5/c1-10(21)13-6-14(19-8-13)18(24)25-9-16(22)11-3-4-15-12(5-11)7-17(23)20(15)2/h3-6,8,19H,7,9H2,1-2H3. The van der Waals surface area contributed by atoms with Gasteiger partial charge >= 0.3 is 5.97 Å². The van der Waals surface area contributed by atoms with E-state index in [2.05, 4.69) is 4.98 Å². The molecule has 0 radical (unpaired) electrons. The summed E-state index contributed by atoms with van der Waals surface area (Å²) in [7, 11) is 1.68. The average Bonchev–Trinajstić information content (AvgIpc) is 3.18.